The van der Waals surface area contributed by atoms with E-state index in [1.807, 2.05) is 0 Å². The molecule has 0 amide bonds. The molecule has 0 fully saturated rings. The quantitative estimate of drug-likeness (QED) is 0.266. The average molecular weight is 329 g/mol. The molecule has 0 radical (unpaired) electrons. The van der Waals surface area contributed by atoms with E-state index in [1.54, 1.807) is 24.3 Å². The van der Waals surface area contributed by atoms with Gasteiger partial charge in [-0.3, -0.25) is 10.1 Å². The third kappa shape index (κ3) is 4.10. The Kier molecular flexibility index (Phi) is 5.51. The van der Waals surface area contributed by atoms with Crippen LogP contribution < -0.4 is 14.2 Å². The van der Waals surface area contributed by atoms with Crippen molar-refractivity contribution in [1.29, 1.82) is 0 Å². The molecule has 0 atom stereocenters. The average Bonchev–Trinajstić information content (AvgIpc) is 2.60. The zero-order chi connectivity index (χ0) is 17.5. The summed E-state index contributed by atoms with van der Waals surface area (Å²) < 4.78 is 15.5. The summed E-state index contributed by atoms with van der Waals surface area (Å²) in [4.78, 5) is 22.2. The standard InChI is InChI=1S/C17H15NO6/c1-22-14-7-4-8-15(23-2)17(14)24-16(19)10-9-12-5-3-6-13(11-12)18(20)21/h3-11H,1-2H3. The highest BCUT2D eigenvalue weighted by atomic mass is 16.6. The molecule has 2 aromatic rings. The number of benzene rings is 2. The normalized spacial score (nSPS) is 10.4. The summed E-state index contributed by atoms with van der Waals surface area (Å²) in [7, 11) is 2.90. The first-order valence-electron chi connectivity index (χ1n) is 6.90. The Balaban J connectivity index is 2.17. The van der Waals surface area contributed by atoms with Crippen molar-refractivity contribution in [2.45, 2.75) is 0 Å². The highest BCUT2D eigenvalue weighted by Crippen LogP contribution is 2.36. The van der Waals surface area contributed by atoms with Gasteiger partial charge >= 0.3 is 5.97 Å². The molecule has 2 aromatic carbocycles. The van der Waals surface area contributed by atoms with Gasteiger partial charge in [-0.15, -0.1) is 0 Å². The summed E-state index contributed by atoms with van der Waals surface area (Å²) in [5.41, 5.74) is 0.449. The van der Waals surface area contributed by atoms with Gasteiger partial charge in [-0.05, 0) is 23.8 Å². The van der Waals surface area contributed by atoms with Crippen molar-refractivity contribution in [2.24, 2.45) is 0 Å². The second kappa shape index (κ2) is 7.77. The van der Waals surface area contributed by atoms with Crippen LogP contribution in [0, 0.1) is 10.1 Å². The number of carbonyl (C=O) groups is 1. The van der Waals surface area contributed by atoms with Crippen molar-refractivity contribution in [2.75, 3.05) is 14.2 Å². The molecule has 124 valence electrons. The van der Waals surface area contributed by atoms with E-state index < -0.39 is 10.9 Å². The number of ether oxygens (including phenoxy) is 3. The molecule has 7 heteroatoms. The minimum absolute atomic E-state index is 0.0584. The molecule has 0 aliphatic heterocycles. The highest BCUT2D eigenvalue weighted by molar-refractivity contribution is 5.89. The number of nitrogens with zero attached hydrogens (tertiary/aromatic N) is 1. The van der Waals surface area contributed by atoms with Crippen molar-refractivity contribution in [3.63, 3.8) is 0 Å². The summed E-state index contributed by atoms with van der Waals surface area (Å²) in [6.45, 7) is 0. The van der Waals surface area contributed by atoms with Crippen LogP contribution in [-0.4, -0.2) is 25.1 Å². The van der Waals surface area contributed by atoms with Crippen molar-refractivity contribution in [3.05, 3.63) is 64.2 Å². The number of non-ortho nitro benzene ring substituents is 1. The van der Waals surface area contributed by atoms with Crippen LogP contribution in [0.5, 0.6) is 17.2 Å². The number of carbonyl (C=O) groups excluding carboxylic acids is 1. The van der Waals surface area contributed by atoms with Crippen LogP contribution in [0.4, 0.5) is 5.69 Å². The smallest absolute Gasteiger partial charge is 0.336 e. The molecule has 2 rings (SSSR count). The Morgan fingerprint density at radius 2 is 1.71 bits per heavy atom. The molecular weight excluding hydrogens is 314 g/mol. The number of hydrogen-bond acceptors (Lipinski definition) is 6. The maximum absolute atomic E-state index is 12.0. The zero-order valence-electron chi connectivity index (χ0n) is 13.1. The number of hydrogen-bond donors (Lipinski definition) is 0. The fraction of sp³-hybridized carbons (Fsp3) is 0.118. The van der Waals surface area contributed by atoms with Crippen LogP contribution in [0.3, 0.4) is 0 Å². The Morgan fingerprint density at radius 3 is 2.29 bits per heavy atom. The summed E-state index contributed by atoms with van der Waals surface area (Å²) in [5.74, 6) is 0.207. The van der Waals surface area contributed by atoms with Gasteiger partial charge in [-0.2, -0.15) is 0 Å². The van der Waals surface area contributed by atoms with Gasteiger partial charge < -0.3 is 14.2 Å². The molecule has 0 aromatic heterocycles. The van der Waals surface area contributed by atoms with E-state index >= 15 is 0 Å². The summed E-state index contributed by atoms with van der Waals surface area (Å²) >= 11 is 0. The fourth-order valence-corrected chi connectivity index (χ4v) is 1.96. The molecule has 0 saturated carbocycles. The van der Waals surface area contributed by atoms with Crippen LogP contribution in [0.15, 0.2) is 48.5 Å². The Morgan fingerprint density at radius 1 is 1.08 bits per heavy atom. The van der Waals surface area contributed by atoms with Gasteiger partial charge in [0, 0.05) is 18.2 Å². The van der Waals surface area contributed by atoms with E-state index in [0.29, 0.717) is 17.1 Å². The molecule has 0 unspecified atom stereocenters. The SMILES string of the molecule is COc1cccc(OC)c1OC(=O)C=Cc1cccc([N+](=O)[O-])c1. The minimum atomic E-state index is -0.663. The van der Waals surface area contributed by atoms with Crippen LogP contribution in [0.2, 0.25) is 0 Å². The topological polar surface area (TPSA) is 87.9 Å². The first-order chi connectivity index (χ1) is 11.5. The first-order valence-corrected chi connectivity index (χ1v) is 6.90. The Labute approximate surface area is 138 Å². The van der Waals surface area contributed by atoms with Crippen LogP contribution in [0.1, 0.15) is 5.56 Å². The largest absolute Gasteiger partial charge is 0.493 e. The number of nitro groups is 1. The van der Waals surface area contributed by atoms with Crippen LogP contribution in [0.25, 0.3) is 6.08 Å². The van der Waals surface area contributed by atoms with Gasteiger partial charge in [0.15, 0.2) is 11.5 Å². The fourth-order valence-electron chi connectivity index (χ4n) is 1.96. The van der Waals surface area contributed by atoms with Crippen LogP contribution >= 0.6 is 0 Å². The maximum Gasteiger partial charge on any atom is 0.336 e. The van der Waals surface area contributed by atoms with Gasteiger partial charge in [0.05, 0.1) is 19.1 Å². The Bertz CT molecular complexity index is 762. The molecular formula is C17H15NO6. The molecule has 24 heavy (non-hydrogen) atoms. The van der Waals surface area contributed by atoms with Crippen molar-refractivity contribution in [1.82, 2.24) is 0 Å². The molecule has 0 bridgehead atoms. The number of para-hydroxylation sites is 1. The lowest BCUT2D eigenvalue weighted by Gasteiger charge is -2.11. The molecule has 7 nitrogen and oxygen atoms in total. The number of nitro benzene ring substituents is 1. The predicted octanol–water partition coefficient (Wildman–Crippen LogP) is 3.23. The van der Waals surface area contributed by atoms with Gasteiger partial charge in [-0.1, -0.05) is 18.2 Å². The first kappa shape index (κ1) is 17.0. The van der Waals surface area contributed by atoms with Gasteiger partial charge in [0.2, 0.25) is 5.75 Å². The van der Waals surface area contributed by atoms with E-state index in [2.05, 4.69) is 0 Å². The number of methoxy groups -OCH3 is 2. The van der Waals surface area contributed by atoms with Crippen molar-refractivity contribution in [3.8, 4) is 17.2 Å². The minimum Gasteiger partial charge on any atom is -0.493 e. The number of rotatable bonds is 6. The monoisotopic (exact) mass is 329 g/mol. The lowest BCUT2D eigenvalue weighted by Crippen LogP contribution is -2.06. The van der Waals surface area contributed by atoms with Crippen molar-refractivity contribution < 1.29 is 23.9 Å². The lowest BCUT2D eigenvalue weighted by atomic mass is 10.2. The summed E-state index contributed by atoms with van der Waals surface area (Å²) in [6.07, 6.45) is 2.60. The molecule has 0 spiro atoms. The van der Waals surface area contributed by atoms with Crippen molar-refractivity contribution >= 4 is 17.7 Å². The third-order valence-corrected chi connectivity index (χ3v) is 3.08. The number of esters is 1. The molecule has 0 heterocycles. The lowest BCUT2D eigenvalue weighted by molar-refractivity contribution is -0.384. The zero-order valence-corrected chi connectivity index (χ0v) is 13.1. The third-order valence-electron chi connectivity index (χ3n) is 3.08. The van der Waals surface area contributed by atoms with E-state index in [-0.39, 0.29) is 11.4 Å². The van der Waals surface area contributed by atoms with Crippen LogP contribution in [-0.2, 0) is 4.79 Å². The second-order valence-corrected chi connectivity index (χ2v) is 4.60. The van der Waals surface area contributed by atoms with E-state index in [0.717, 1.165) is 0 Å². The molecule has 0 saturated heterocycles. The maximum atomic E-state index is 12.0. The predicted molar refractivity (Wildman–Crippen MR) is 87.3 cm³/mol. The summed E-state index contributed by atoms with van der Waals surface area (Å²) in [5, 5.41) is 10.7. The van der Waals surface area contributed by atoms with Gasteiger partial charge in [-0.25, -0.2) is 4.79 Å². The molecule has 0 aliphatic rings. The van der Waals surface area contributed by atoms with E-state index in [4.69, 9.17) is 14.2 Å². The Hall–Kier alpha value is -3.35. The highest BCUT2D eigenvalue weighted by Gasteiger charge is 2.14. The van der Waals surface area contributed by atoms with E-state index in [1.165, 1.54) is 44.6 Å². The molecule has 0 N–H and O–H groups in total. The summed E-state index contributed by atoms with van der Waals surface area (Å²) in [6, 6.07) is 10.9. The van der Waals surface area contributed by atoms with E-state index in [9.17, 15) is 14.9 Å². The molecule has 0 aliphatic carbocycles. The van der Waals surface area contributed by atoms with Gasteiger partial charge in [0.1, 0.15) is 0 Å². The second-order valence-electron chi connectivity index (χ2n) is 4.60. The van der Waals surface area contributed by atoms with Gasteiger partial charge in [0.25, 0.3) is 5.69 Å².